The van der Waals surface area contributed by atoms with Crippen molar-refractivity contribution >= 4 is 46.6 Å². The van der Waals surface area contributed by atoms with Crippen LogP contribution in [0.3, 0.4) is 0 Å². The van der Waals surface area contributed by atoms with Crippen LogP contribution in [-0.2, 0) is 4.79 Å². The molecule has 5 nitrogen and oxygen atoms in total. The zero-order valence-electron chi connectivity index (χ0n) is 14.5. The molecular weight excluding hydrogens is 387 g/mol. The summed E-state index contributed by atoms with van der Waals surface area (Å²) in [6.07, 6.45) is 2.37. The molecule has 140 valence electrons. The predicted molar refractivity (Wildman–Crippen MR) is 105 cm³/mol. The fourth-order valence-corrected chi connectivity index (χ4v) is 3.43. The van der Waals surface area contributed by atoms with Gasteiger partial charge in [0.15, 0.2) is 0 Å². The van der Waals surface area contributed by atoms with Crippen LogP contribution in [0.15, 0.2) is 42.5 Å². The first-order valence-corrected chi connectivity index (χ1v) is 9.43. The summed E-state index contributed by atoms with van der Waals surface area (Å²) in [7, 11) is 0. The normalized spacial score (nSPS) is 13.0. The first-order chi connectivity index (χ1) is 13.0. The highest BCUT2D eigenvalue weighted by molar-refractivity contribution is 6.36. The number of amides is 3. The summed E-state index contributed by atoms with van der Waals surface area (Å²) in [6, 6.07) is 11.7. The smallest absolute Gasteiger partial charge is 0.261 e. The van der Waals surface area contributed by atoms with E-state index >= 15 is 0 Å². The zero-order chi connectivity index (χ0) is 19.4. The fraction of sp³-hybridized carbons (Fsp3) is 0.250. The van der Waals surface area contributed by atoms with Crippen molar-refractivity contribution in [1.29, 1.82) is 0 Å². The van der Waals surface area contributed by atoms with Gasteiger partial charge in [0.1, 0.15) is 0 Å². The summed E-state index contributed by atoms with van der Waals surface area (Å²) in [5.74, 6) is -0.628. The summed E-state index contributed by atoms with van der Waals surface area (Å²) in [4.78, 5) is 37.8. The molecule has 0 aliphatic carbocycles. The van der Waals surface area contributed by atoms with Crippen molar-refractivity contribution in [2.75, 3.05) is 11.9 Å². The average molecular weight is 405 g/mol. The van der Waals surface area contributed by atoms with Crippen molar-refractivity contribution in [3.05, 3.63) is 63.6 Å². The maximum atomic E-state index is 12.3. The molecule has 1 heterocycles. The van der Waals surface area contributed by atoms with Crippen LogP contribution < -0.4 is 5.32 Å². The molecule has 2 aromatic rings. The van der Waals surface area contributed by atoms with E-state index in [1.807, 2.05) is 0 Å². The second-order valence-corrected chi connectivity index (χ2v) is 7.13. The molecular formula is C20H18Cl2N2O3. The van der Waals surface area contributed by atoms with Crippen LogP contribution in [-0.4, -0.2) is 29.2 Å². The van der Waals surface area contributed by atoms with E-state index in [1.54, 1.807) is 42.5 Å². The Morgan fingerprint density at radius 3 is 2.22 bits per heavy atom. The van der Waals surface area contributed by atoms with Crippen LogP contribution in [0, 0.1) is 0 Å². The molecule has 0 bridgehead atoms. The molecule has 1 aliphatic heterocycles. The second kappa shape index (κ2) is 8.55. The highest BCUT2D eigenvalue weighted by Gasteiger charge is 2.34. The molecule has 0 aromatic heterocycles. The van der Waals surface area contributed by atoms with E-state index in [0.717, 1.165) is 6.42 Å². The molecule has 0 saturated carbocycles. The minimum absolute atomic E-state index is 0.139. The highest BCUT2D eigenvalue weighted by Crippen LogP contribution is 2.26. The maximum Gasteiger partial charge on any atom is 0.261 e. The molecule has 3 amide bonds. The van der Waals surface area contributed by atoms with Gasteiger partial charge in [-0.25, -0.2) is 0 Å². The van der Waals surface area contributed by atoms with Crippen molar-refractivity contribution in [2.45, 2.75) is 25.7 Å². The molecule has 0 atom stereocenters. The van der Waals surface area contributed by atoms with Crippen LogP contribution >= 0.6 is 23.2 Å². The first kappa shape index (κ1) is 19.4. The average Bonchev–Trinajstić information content (AvgIpc) is 2.89. The number of unbranched alkanes of at least 4 members (excludes halogenated alkanes) is 2. The standard InChI is InChI=1S/C20H18Cl2N2O3/c21-13-9-10-17(16(22)12-13)23-18(25)8-2-1-5-11-24-19(26)14-6-3-4-7-15(14)20(24)27/h3-4,6-7,9-10,12H,1-2,5,8,11H2,(H,23,25). The molecule has 0 unspecified atom stereocenters. The quantitative estimate of drug-likeness (QED) is 0.532. The van der Waals surface area contributed by atoms with Crippen molar-refractivity contribution in [1.82, 2.24) is 4.90 Å². The third-order valence-electron chi connectivity index (χ3n) is 4.37. The Bertz CT molecular complexity index is 864. The zero-order valence-corrected chi connectivity index (χ0v) is 16.0. The van der Waals surface area contributed by atoms with E-state index in [4.69, 9.17) is 23.2 Å². The van der Waals surface area contributed by atoms with Gasteiger partial charge in [-0.2, -0.15) is 0 Å². The molecule has 0 saturated heterocycles. The Kier molecular flexibility index (Phi) is 6.14. The lowest BCUT2D eigenvalue weighted by Gasteiger charge is -2.13. The van der Waals surface area contributed by atoms with E-state index in [-0.39, 0.29) is 17.7 Å². The van der Waals surface area contributed by atoms with Gasteiger partial charge in [0.05, 0.1) is 21.8 Å². The summed E-state index contributed by atoms with van der Waals surface area (Å²) in [5, 5.41) is 3.64. The number of halogens is 2. The van der Waals surface area contributed by atoms with E-state index in [2.05, 4.69) is 5.32 Å². The van der Waals surface area contributed by atoms with E-state index in [9.17, 15) is 14.4 Å². The molecule has 1 N–H and O–H groups in total. The minimum Gasteiger partial charge on any atom is -0.325 e. The first-order valence-electron chi connectivity index (χ1n) is 8.67. The number of anilines is 1. The summed E-state index contributed by atoms with van der Waals surface area (Å²) < 4.78 is 0. The van der Waals surface area contributed by atoms with Crippen molar-refractivity contribution in [3.63, 3.8) is 0 Å². The SMILES string of the molecule is O=C(CCCCCN1C(=O)c2ccccc2C1=O)Nc1ccc(Cl)cc1Cl. The molecule has 1 aliphatic rings. The van der Waals surface area contributed by atoms with Crippen molar-refractivity contribution in [2.24, 2.45) is 0 Å². The molecule has 27 heavy (non-hydrogen) atoms. The second-order valence-electron chi connectivity index (χ2n) is 6.29. The highest BCUT2D eigenvalue weighted by atomic mass is 35.5. The topological polar surface area (TPSA) is 66.5 Å². The number of imide groups is 1. The Labute approximate surface area is 167 Å². The number of hydrogen-bond donors (Lipinski definition) is 1. The van der Waals surface area contributed by atoms with Crippen LogP contribution in [0.5, 0.6) is 0 Å². The third-order valence-corrected chi connectivity index (χ3v) is 4.92. The van der Waals surface area contributed by atoms with Gasteiger partial charge >= 0.3 is 0 Å². The Balaban J connectivity index is 1.40. The number of fused-ring (bicyclic) bond motifs is 1. The van der Waals surface area contributed by atoms with Crippen molar-refractivity contribution < 1.29 is 14.4 Å². The third kappa shape index (κ3) is 4.49. The summed E-state index contributed by atoms with van der Waals surface area (Å²) in [6.45, 7) is 0.358. The lowest BCUT2D eigenvalue weighted by atomic mass is 10.1. The Hall–Kier alpha value is -2.37. The van der Waals surface area contributed by atoms with Gasteiger partial charge in [0.25, 0.3) is 11.8 Å². The molecule has 0 spiro atoms. The lowest BCUT2D eigenvalue weighted by molar-refractivity contribution is -0.116. The van der Waals surface area contributed by atoms with E-state index in [1.165, 1.54) is 4.90 Å². The number of benzene rings is 2. The summed E-state index contributed by atoms with van der Waals surface area (Å²) in [5.41, 5.74) is 1.44. The molecule has 0 radical (unpaired) electrons. The van der Waals surface area contributed by atoms with Gasteiger partial charge in [-0.05, 0) is 43.2 Å². The lowest BCUT2D eigenvalue weighted by Crippen LogP contribution is -2.30. The van der Waals surface area contributed by atoms with Gasteiger partial charge in [0.2, 0.25) is 5.91 Å². The number of nitrogens with zero attached hydrogens (tertiary/aromatic N) is 1. The van der Waals surface area contributed by atoms with Crippen LogP contribution in [0.1, 0.15) is 46.4 Å². The van der Waals surface area contributed by atoms with Gasteiger partial charge in [0, 0.05) is 18.0 Å². The van der Waals surface area contributed by atoms with Crippen LogP contribution in [0.4, 0.5) is 5.69 Å². The molecule has 0 fully saturated rings. The number of nitrogens with one attached hydrogen (secondary N) is 1. The van der Waals surface area contributed by atoms with Gasteiger partial charge < -0.3 is 5.32 Å². The van der Waals surface area contributed by atoms with Crippen LogP contribution in [0.2, 0.25) is 10.0 Å². The minimum atomic E-state index is -0.245. The monoisotopic (exact) mass is 404 g/mol. The summed E-state index contributed by atoms with van der Waals surface area (Å²) >= 11 is 11.9. The van der Waals surface area contributed by atoms with Crippen LogP contribution in [0.25, 0.3) is 0 Å². The number of carbonyl (C=O) groups is 3. The molecule has 7 heteroatoms. The van der Waals surface area contributed by atoms with Gasteiger partial charge in [-0.15, -0.1) is 0 Å². The Morgan fingerprint density at radius 1 is 0.926 bits per heavy atom. The number of carbonyl (C=O) groups excluding carboxylic acids is 3. The van der Waals surface area contributed by atoms with E-state index in [0.29, 0.717) is 52.7 Å². The fourth-order valence-electron chi connectivity index (χ4n) is 2.98. The largest absolute Gasteiger partial charge is 0.325 e. The maximum absolute atomic E-state index is 12.3. The predicted octanol–water partition coefficient (Wildman–Crippen LogP) is 4.79. The van der Waals surface area contributed by atoms with Crippen molar-refractivity contribution in [3.8, 4) is 0 Å². The van der Waals surface area contributed by atoms with Gasteiger partial charge in [-0.3, -0.25) is 19.3 Å². The van der Waals surface area contributed by atoms with E-state index < -0.39 is 0 Å². The van der Waals surface area contributed by atoms with Gasteiger partial charge in [-0.1, -0.05) is 41.8 Å². The number of rotatable bonds is 7. The molecule has 2 aromatic carbocycles. The Morgan fingerprint density at radius 2 is 1.59 bits per heavy atom. The molecule has 3 rings (SSSR count). The number of hydrogen-bond acceptors (Lipinski definition) is 3.